The van der Waals surface area contributed by atoms with Crippen LogP contribution < -0.4 is 0 Å². The van der Waals surface area contributed by atoms with Crippen LogP contribution in [0.4, 0.5) is 0 Å². The molecular formula is B34. The summed E-state index contributed by atoms with van der Waals surface area (Å²) in [6, 6.07) is 0. The van der Waals surface area contributed by atoms with E-state index in [0.717, 1.165) is 0 Å². The van der Waals surface area contributed by atoms with Crippen molar-refractivity contribution in [1.82, 2.24) is 0 Å². The molecule has 0 atom stereocenters. The van der Waals surface area contributed by atoms with E-state index >= 15 is 0 Å². The summed E-state index contributed by atoms with van der Waals surface area (Å²) in [5.41, 5.74) is 0. The zero-order valence-electron chi connectivity index (χ0n) is 19.6. The third-order valence-electron chi connectivity index (χ3n) is 6.67. The first-order chi connectivity index (χ1) is 15.4. The molecule has 34 heavy (non-hydrogen) atoms. The van der Waals surface area contributed by atoms with Crippen LogP contribution in [0.25, 0.3) is 0 Å². The lowest BCUT2D eigenvalue weighted by atomic mass is 8.29. The van der Waals surface area contributed by atoms with E-state index in [4.69, 9.17) is 139 Å². The van der Waals surface area contributed by atoms with E-state index in [1.165, 1.54) is 0 Å². The summed E-state index contributed by atoms with van der Waals surface area (Å²) in [6.45, 7) is 0. The minimum atomic E-state index is -1.16. The van der Waals surface area contributed by atoms with Crippen molar-refractivity contribution < 1.29 is 0 Å². The summed E-state index contributed by atoms with van der Waals surface area (Å²) < 4.78 is 0. The van der Waals surface area contributed by atoms with Crippen molar-refractivity contribution in [3.05, 3.63) is 0 Å². The molecule has 0 fully saturated rings. The van der Waals surface area contributed by atoms with Gasteiger partial charge in [-0.05, 0) is 0 Å². The molecule has 0 aromatic heterocycles. The minimum absolute atomic E-state index is 0.917. The van der Waals surface area contributed by atoms with Gasteiger partial charge in [-0.25, -0.2) is 0 Å². The fourth-order valence-electron chi connectivity index (χ4n) is 5.39. The molecule has 0 aliphatic heterocycles. The summed E-state index contributed by atoms with van der Waals surface area (Å²) >= 11 is 0. The Bertz CT molecular complexity index is 466. The molecule has 0 bridgehead atoms. The summed E-state index contributed by atoms with van der Waals surface area (Å²) in [5.74, 6) is 0. The van der Waals surface area contributed by atoms with Gasteiger partial charge in [0, 0.05) is 241 Å². The second-order valence-electron chi connectivity index (χ2n) is 9.24. The summed E-state index contributed by atoms with van der Waals surface area (Å²) in [4.78, 5) is 0. The van der Waals surface area contributed by atoms with Crippen molar-refractivity contribution >= 4 is 241 Å². The van der Waals surface area contributed by atoms with Crippen molar-refractivity contribution in [2.24, 2.45) is 0 Å². The molecule has 0 N–H and O–H groups in total. The average Bonchev–Trinajstić information content (AvgIpc) is 2.60. The van der Waals surface area contributed by atoms with Crippen LogP contribution in [0.2, 0.25) is 0 Å². The predicted octanol–water partition coefficient (Wildman–Crippen LogP) is -12.9. The first kappa shape index (κ1) is 36.2. The van der Waals surface area contributed by atoms with E-state index < -0.39 is 102 Å². The molecule has 0 spiro atoms. The third kappa shape index (κ3) is 9.75. The summed E-state index contributed by atoms with van der Waals surface area (Å²) in [7, 11) is 110. The molecule has 102 valence electrons. The van der Waals surface area contributed by atoms with Gasteiger partial charge >= 0.3 is 0 Å². The van der Waals surface area contributed by atoms with Crippen LogP contribution in [0.15, 0.2) is 0 Å². The maximum Gasteiger partial charge on any atom is 0 e. The fourth-order valence-corrected chi connectivity index (χ4v) is 5.39. The normalized spacial score (nSPS) is 9.53. The Morgan fingerprint density at radius 1 is 0.147 bits per heavy atom. The highest BCUT2D eigenvalue weighted by Gasteiger charge is 2.54. The van der Waals surface area contributed by atoms with E-state index in [-0.39, 0.29) is 0 Å². The highest BCUT2D eigenvalue weighted by atomic mass is 13.4. The van der Waals surface area contributed by atoms with E-state index in [0.29, 0.717) is 0 Å². The van der Waals surface area contributed by atoms with Crippen molar-refractivity contribution in [3.63, 3.8) is 0 Å². The lowest BCUT2D eigenvalue weighted by Gasteiger charge is -2.52. The van der Waals surface area contributed by atoms with Crippen molar-refractivity contribution in [1.29, 1.82) is 0 Å². The van der Waals surface area contributed by atoms with Gasteiger partial charge in [-0.15, -0.1) is 0 Å². The SMILES string of the molecule is [B]B([B])B(B([B])[B])B(B([B])[B])B(B(B([B])[B])B([B])[B])B(B(B([B])[B])B([B])[B])B(B([B])[B])B([B])[B]. The largest absolute Gasteiger partial charge is 0 e. The van der Waals surface area contributed by atoms with E-state index in [9.17, 15) is 0 Å². The van der Waals surface area contributed by atoms with Gasteiger partial charge in [0.2, 0.25) is 0 Å². The van der Waals surface area contributed by atoms with Crippen molar-refractivity contribution in [3.8, 4) is 0 Å². The van der Waals surface area contributed by atoms with E-state index in [1.807, 2.05) is 0 Å². The van der Waals surface area contributed by atoms with E-state index in [1.54, 1.807) is 0 Å². The molecular weight excluding hydrogens is 368 g/mol. The molecule has 34 heteroatoms. The van der Waals surface area contributed by atoms with Crippen LogP contribution in [0.1, 0.15) is 0 Å². The average molecular weight is 368 g/mol. The van der Waals surface area contributed by atoms with Crippen LogP contribution in [-0.2, 0) is 0 Å². The lowest BCUT2D eigenvalue weighted by molar-refractivity contribution is 3.24. The molecule has 0 saturated carbocycles. The van der Waals surface area contributed by atoms with Crippen LogP contribution >= 0.6 is 0 Å². The molecule has 36 radical (unpaired) electrons. The number of hydrogen-bond donors (Lipinski definition) is 0. The van der Waals surface area contributed by atoms with Crippen LogP contribution in [0.3, 0.4) is 0 Å². The molecule has 0 saturated heterocycles. The Labute approximate surface area is 240 Å². The van der Waals surface area contributed by atoms with Gasteiger partial charge in [0.25, 0.3) is 0 Å². The zero-order chi connectivity index (χ0) is 27.2. The first-order valence-electron chi connectivity index (χ1n) is 11.0. The number of hydrogen-bond acceptors (Lipinski definition) is 0. The van der Waals surface area contributed by atoms with Gasteiger partial charge in [0.05, 0.1) is 0 Å². The second kappa shape index (κ2) is 16.3. The van der Waals surface area contributed by atoms with Crippen molar-refractivity contribution in [2.75, 3.05) is 0 Å². The van der Waals surface area contributed by atoms with Crippen molar-refractivity contribution in [2.45, 2.75) is 0 Å². The van der Waals surface area contributed by atoms with Crippen LogP contribution in [0.5, 0.6) is 0 Å². The monoisotopic (exact) mass is 374 g/mol. The summed E-state index contributed by atoms with van der Waals surface area (Å²) in [6.07, 6.45) is -16.7. The summed E-state index contributed by atoms with van der Waals surface area (Å²) in [5, 5.41) is 0. The van der Waals surface area contributed by atoms with Gasteiger partial charge in [0.15, 0.2) is 0 Å². The molecule has 0 aliphatic rings. The Kier molecular flexibility index (Phi) is 17.4. The fraction of sp³-hybridized carbons (Fsp3) is 0. The van der Waals surface area contributed by atoms with Gasteiger partial charge in [-0.1, -0.05) is 0 Å². The highest BCUT2D eigenvalue weighted by Crippen LogP contribution is 2.16. The highest BCUT2D eigenvalue weighted by molar-refractivity contribution is 8.29. The quantitative estimate of drug-likeness (QED) is 0.252. The van der Waals surface area contributed by atoms with Gasteiger partial charge in [-0.3, -0.25) is 0 Å². The van der Waals surface area contributed by atoms with Gasteiger partial charge < -0.3 is 0 Å². The minimum Gasteiger partial charge on any atom is 0 e. The van der Waals surface area contributed by atoms with Crippen LogP contribution in [0, 0.1) is 0 Å². The predicted molar refractivity (Wildman–Crippen MR) is 196 cm³/mol. The molecule has 0 aromatic carbocycles. The van der Waals surface area contributed by atoms with E-state index in [2.05, 4.69) is 0 Å². The second-order valence-corrected chi connectivity index (χ2v) is 9.24. The molecule has 0 heterocycles. The maximum atomic E-state index is 6.24. The molecule has 0 aliphatic carbocycles. The number of rotatable bonds is 15. The third-order valence-corrected chi connectivity index (χ3v) is 6.67. The molecule has 0 rings (SSSR count). The zero-order valence-corrected chi connectivity index (χ0v) is 19.6. The van der Waals surface area contributed by atoms with Crippen LogP contribution in [-0.4, -0.2) is 241 Å². The smallest absolute Gasteiger partial charge is 0 e. The Morgan fingerprint density at radius 3 is 0.412 bits per heavy atom. The Morgan fingerprint density at radius 2 is 0.265 bits per heavy atom. The van der Waals surface area contributed by atoms with Gasteiger partial charge in [0.1, 0.15) is 0 Å². The molecule has 0 amide bonds. The molecule has 0 aromatic rings. The topological polar surface area (TPSA) is 0 Å². The Balaban J connectivity index is 7.58. The molecule has 0 unspecified atom stereocenters. The Hall–Kier alpha value is 2.21. The maximum absolute atomic E-state index is 6.24. The standard InChI is InChI=1S/B34/c1-19(2)28(20(3)4)32(27(17)18)34(31(25(13)14)26(15)16)33(29(21(5)6)22(7)8)30(23(9)10)24(11)12. The molecule has 0 nitrogen and oxygen atoms in total. The first-order valence-corrected chi connectivity index (χ1v) is 11.0. The lowest BCUT2D eigenvalue weighted by Crippen LogP contribution is -2.90. The van der Waals surface area contributed by atoms with Gasteiger partial charge in [-0.2, -0.15) is 0 Å².